The summed E-state index contributed by atoms with van der Waals surface area (Å²) in [6.07, 6.45) is 0.831. The lowest BCUT2D eigenvalue weighted by Crippen LogP contribution is -2.44. The molecule has 0 bridgehead atoms. The maximum Gasteiger partial charge on any atom is 0.327 e. The van der Waals surface area contributed by atoms with Crippen LogP contribution in [0.4, 0.5) is 0 Å². The molecule has 1 aromatic carbocycles. The molecular formula is C16H21NO5S. The number of hydrogen-bond donors (Lipinski definition) is 1. The number of carbonyl (C=O) groups excluding carboxylic acids is 1. The lowest BCUT2D eigenvalue weighted by Gasteiger charge is -2.25. The van der Waals surface area contributed by atoms with Gasteiger partial charge in [-0.05, 0) is 38.3 Å². The van der Waals surface area contributed by atoms with E-state index in [1.807, 2.05) is 6.92 Å². The van der Waals surface area contributed by atoms with Gasteiger partial charge in [0.05, 0.1) is 10.3 Å². The second-order valence-electron chi connectivity index (χ2n) is 5.96. The molecule has 1 fully saturated rings. The summed E-state index contributed by atoms with van der Waals surface area (Å²) in [6.45, 7) is 5.38. The maximum atomic E-state index is 12.8. The molecule has 1 atom stereocenters. The number of amides is 1. The molecule has 23 heavy (non-hydrogen) atoms. The first-order valence-electron chi connectivity index (χ1n) is 7.58. The Balaban J connectivity index is 2.56. The Kier molecular flexibility index (Phi) is 4.52. The first kappa shape index (κ1) is 17.5. The van der Waals surface area contributed by atoms with Gasteiger partial charge in [0.15, 0.2) is 0 Å². The first-order valence-corrected chi connectivity index (χ1v) is 9.02. The number of carboxylic acids is 1. The molecule has 0 spiro atoms. The monoisotopic (exact) mass is 339 g/mol. The molecule has 1 N–H and O–H groups in total. The summed E-state index contributed by atoms with van der Waals surface area (Å²) in [4.78, 5) is 24.3. The van der Waals surface area contributed by atoms with Crippen molar-refractivity contribution < 1.29 is 23.1 Å². The summed E-state index contributed by atoms with van der Waals surface area (Å²) >= 11 is 0. The largest absolute Gasteiger partial charge is 0.480 e. The highest BCUT2D eigenvalue weighted by Crippen LogP contribution is 2.44. The molecule has 2 rings (SSSR count). The van der Waals surface area contributed by atoms with Crippen molar-refractivity contribution >= 4 is 21.9 Å². The lowest BCUT2D eigenvalue weighted by molar-refractivity contribution is -0.143. The number of carbonyl (C=O) groups is 2. The van der Waals surface area contributed by atoms with Crippen molar-refractivity contribution in [2.75, 3.05) is 0 Å². The second-order valence-corrected chi connectivity index (χ2v) is 7.78. The van der Waals surface area contributed by atoms with Gasteiger partial charge in [-0.25, -0.2) is 17.5 Å². The van der Waals surface area contributed by atoms with Gasteiger partial charge in [-0.3, -0.25) is 4.79 Å². The minimum atomic E-state index is -4.19. The van der Waals surface area contributed by atoms with Crippen molar-refractivity contribution in [1.82, 2.24) is 4.31 Å². The zero-order chi connectivity index (χ0) is 17.4. The fraction of sp³-hybridized carbons (Fsp3) is 0.500. The number of aryl methyl sites for hydroxylation is 1. The Morgan fingerprint density at radius 1 is 1.26 bits per heavy atom. The number of rotatable bonds is 5. The molecule has 1 saturated heterocycles. The second kappa shape index (κ2) is 5.96. The number of carboxylic acid groups (broad SMARTS) is 1. The molecule has 0 aromatic heterocycles. The molecule has 1 aliphatic rings. The van der Waals surface area contributed by atoms with Crippen LogP contribution in [0, 0.1) is 12.3 Å². The van der Waals surface area contributed by atoms with E-state index >= 15 is 0 Å². The van der Waals surface area contributed by atoms with E-state index in [9.17, 15) is 23.1 Å². The maximum absolute atomic E-state index is 12.8. The highest BCUT2D eigenvalue weighted by Gasteiger charge is 2.56. The predicted molar refractivity (Wildman–Crippen MR) is 84.3 cm³/mol. The average molecular weight is 339 g/mol. The van der Waals surface area contributed by atoms with Crippen LogP contribution in [0.25, 0.3) is 0 Å². The molecular weight excluding hydrogens is 318 g/mol. The van der Waals surface area contributed by atoms with Crippen molar-refractivity contribution in [3.05, 3.63) is 29.8 Å². The van der Waals surface area contributed by atoms with Crippen LogP contribution in [-0.2, 0) is 19.6 Å². The Morgan fingerprint density at radius 3 is 2.22 bits per heavy atom. The van der Waals surface area contributed by atoms with Crippen LogP contribution in [0.3, 0.4) is 0 Å². The third-order valence-electron chi connectivity index (χ3n) is 4.74. The van der Waals surface area contributed by atoms with E-state index in [1.54, 1.807) is 26.0 Å². The summed E-state index contributed by atoms with van der Waals surface area (Å²) < 4.78 is 26.2. The van der Waals surface area contributed by atoms with Gasteiger partial charge in [0.1, 0.15) is 6.04 Å². The van der Waals surface area contributed by atoms with Crippen LogP contribution in [0.5, 0.6) is 0 Å². The number of sulfonamides is 1. The number of nitrogens with zero attached hydrogens (tertiary/aromatic N) is 1. The summed E-state index contributed by atoms with van der Waals surface area (Å²) in [5.74, 6) is -1.91. The van der Waals surface area contributed by atoms with Crippen molar-refractivity contribution in [2.24, 2.45) is 5.41 Å². The normalized spacial score (nSPS) is 20.7. The Bertz CT molecular complexity index is 719. The van der Waals surface area contributed by atoms with Gasteiger partial charge in [-0.2, -0.15) is 0 Å². The van der Waals surface area contributed by atoms with Gasteiger partial charge >= 0.3 is 5.97 Å². The molecule has 0 unspecified atom stereocenters. The van der Waals surface area contributed by atoms with Gasteiger partial charge in [0, 0.05) is 0 Å². The average Bonchev–Trinajstić information content (AvgIpc) is 2.82. The molecule has 1 aromatic rings. The van der Waals surface area contributed by atoms with Gasteiger partial charge in [0.25, 0.3) is 10.0 Å². The highest BCUT2D eigenvalue weighted by molar-refractivity contribution is 7.89. The van der Waals surface area contributed by atoms with Crippen LogP contribution < -0.4 is 0 Å². The molecule has 1 amide bonds. The number of aliphatic carboxylic acids is 1. The van der Waals surface area contributed by atoms with E-state index in [-0.39, 0.29) is 11.3 Å². The van der Waals surface area contributed by atoms with E-state index in [0.717, 1.165) is 5.56 Å². The molecule has 126 valence electrons. The van der Waals surface area contributed by atoms with E-state index in [1.165, 1.54) is 12.1 Å². The van der Waals surface area contributed by atoms with Crippen molar-refractivity contribution in [3.63, 3.8) is 0 Å². The lowest BCUT2D eigenvalue weighted by atomic mass is 9.80. The Morgan fingerprint density at radius 2 is 1.78 bits per heavy atom. The van der Waals surface area contributed by atoms with Gasteiger partial charge in [-0.1, -0.05) is 31.5 Å². The zero-order valence-electron chi connectivity index (χ0n) is 13.4. The van der Waals surface area contributed by atoms with Gasteiger partial charge < -0.3 is 5.11 Å². The van der Waals surface area contributed by atoms with Crippen LogP contribution in [0.15, 0.2) is 29.2 Å². The Hall–Kier alpha value is -1.89. The quantitative estimate of drug-likeness (QED) is 0.887. The standard InChI is InChI=1S/C16H21NO5S/c1-4-16(5-2)10-13(14(18)19)17(15(16)20)23(21,22)12-8-6-11(3)7-9-12/h6-9,13H,4-5,10H2,1-3H3,(H,18,19)/t13-/m0/s1. The Labute approximate surface area is 136 Å². The van der Waals surface area contributed by atoms with Gasteiger partial charge in [0.2, 0.25) is 5.91 Å². The zero-order valence-corrected chi connectivity index (χ0v) is 14.3. The summed E-state index contributed by atoms with van der Waals surface area (Å²) in [6, 6.07) is 4.68. The van der Waals surface area contributed by atoms with E-state index in [4.69, 9.17) is 0 Å². The SMILES string of the molecule is CCC1(CC)C[C@@H](C(=O)O)N(S(=O)(=O)c2ccc(C)cc2)C1=O. The summed E-state index contributed by atoms with van der Waals surface area (Å²) in [5.41, 5.74) is -0.0520. The summed E-state index contributed by atoms with van der Waals surface area (Å²) in [7, 11) is -4.19. The van der Waals surface area contributed by atoms with Crippen LogP contribution in [0.2, 0.25) is 0 Å². The van der Waals surface area contributed by atoms with E-state index in [0.29, 0.717) is 17.1 Å². The topological polar surface area (TPSA) is 91.8 Å². The van der Waals surface area contributed by atoms with Crippen molar-refractivity contribution in [2.45, 2.75) is 51.0 Å². The van der Waals surface area contributed by atoms with E-state index in [2.05, 4.69) is 0 Å². The molecule has 1 heterocycles. The van der Waals surface area contributed by atoms with E-state index < -0.39 is 33.4 Å². The van der Waals surface area contributed by atoms with Crippen molar-refractivity contribution in [3.8, 4) is 0 Å². The predicted octanol–water partition coefficient (Wildman–Crippen LogP) is 2.18. The third kappa shape index (κ3) is 2.73. The fourth-order valence-electron chi connectivity index (χ4n) is 3.04. The molecule has 1 aliphatic heterocycles. The first-order chi connectivity index (χ1) is 10.7. The van der Waals surface area contributed by atoms with Crippen LogP contribution >= 0.6 is 0 Å². The van der Waals surface area contributed by atoms with Crippen LogP contribution in [-0.4, -0.2) is 35.7 Å². The summed E-state index contributed by atoms with van der Waals surface area (Å²) in [5, 5.41) is 9.42. The smallest absolute Gasteiger partial charge is 0.327 e. The number of hydrogen-bond acceptors (Lipinski definition) is 4. The number of benzene rings is 1. The molecule has 0 saturated carbocycles. The molecule has 0 aliphatic carbocycles. The molecule has 0 radical (unpaired) electrons. The molecule has 6 nitrogen and oxygen atoms in total. The minimum Gasteiger partial charge on any atom is -0.480 e. The van der Waals surface area contributed by atoms with Gasteiger partial charge in [-0.15, -0.1) is 0 Å². The van der Waals surface area contributed by atoms with Crippen molar-refractivity contribution in [1.29, 1.82) is 0 Å². The van der Waals surface area contributed by atoms with Crippen LogP contribution in [0.1, 0.15) is 38.7 Å². The highest BCUT2D eigenvalue weighted by atomic mass is 32.2. The fourth-order valence-corrected chi connectivity index (χ4v) is 4.66. The minimum absolute atomic E-state index is 0.0132. The third-order valence-corrected chi connectivity index (χ3v) is 6.54. The molecule has 7 heteroatoms.